The van der Waals surface area contributed by atoms with Gasteiger partial charge >= 0.3 is 0 Å². The number of nitrogens with two attached hydrogens (primary N) is 1. The Labute approximate surface area is 95.8 Å². The molecule has 0 aliphatic heterocycles. The number of carbonyl (C=O) groups is 1. The number of hydrogen-bond donors (Lipinski definition) is 2. The van der Waals surface area contributed by atoms with Crippen LogP contribution in [0.5, 0.6) is 0 Å². The van der Waals surface area contributed by atoms with Crippen molar-refractivity contribution in [2.24, 2.45) is 5.73 Å². The summed E-state index contributed by atoms with van der Waals surface area (Å²) in [6, 6.07) is 9.26. The average molecular weight is 222 g/mol. The standard InChI is InChI=1S/C12H18N2O2/c1-12(2,13)9-16-8-11(15)14-10-6-4-3-5-7-10/h3-7H,8-9,13H2,1-2H3,(H,14,15). The number of carbonyl (C=O) groups excluding carboxylic acids is 1. The van der Waals surface area contributed by atoms with E-state index < -0.39 is 5.54 Å². The minimum Gasteiger partial charge on any atom is -0.370 e. The van der Waals surface area contributed by atoms with Crippen LogP contribution in [0.15, 0.2) is 30.3 Å². The molecule has 0 fully saturated rings. The second kappa shape index (κ2) is 5.63. The highest BCUT2D eigenvalue weighted by molar-refractivity contribution is 5.91. The average Bonchev–Trinajstić information content (AvgIpc) is 2.17. The van der Waals surface area contributed by atoms with E-state index in [0.29, 0.717) is 6.61 Å². The lowest BCUT2D eigenvalue weighted by molar-refractivity contribution is -0.121. The van der Waals surface area contributed by atoms with Gasteiger partial charge < -0.3 is 15.8 Å². The summed E-state index contributed by atoms with van der Waals surface area (Å²) in [5.41, 5.74) is 6.07. The molecule has 0 heterocycles. The molecule has 0 atom stereocenters. The predicted octanol–water partition coefficient (Wildman–Crippen LogP) is 1.38. The lowest BCUT2D eigenvalue weighted by Crippen LogP contribution is -2.38. The predicted molar refractivity (Wildman–Crippen MR) is 64.2 cm³/mol. The fourth-order valence-corrected chi connectivity index (χ4v) is 1.13. The Bertz CT molecular complexity index is 331. The van der Waals surface area contributed by atoms with E-state index in [4.69, 9.17) is 10.5 Å². The minimum atomic E-state index is -0.410. The highest BCUT2D eigenvalue weighted by Crippen LogP contribution is 2.04. The van der Waals surface area contributed by atoms with Crippen LogP contribution in [0.2, 0.25) is 0 Å². The van der Waals surface area contributed by atoms with Gasteiger partial charge in [-0.2, -0.15) is 0 Å². The molecular formula is C12H18N2O2. The number of hydrogen-bond acceptors (Lipinski definition) is 3. The Hall–Kier alpha value is -1.39. The van der Waals surface area contributed by atoms with Gasteiger partial charge in [0.25, 0.3) is 0 Å². The SMILES string of the molecule is CC(C)(N)COCC(=O)Nc1ccccc1. The molecule has 0 aromatic heterocycles. The summed E-state index contributed by atoms with van der Waals surface area (Å²) in [6.07, 6.45) is 0. The van der Waals surface area contributed by atoms with Crippen LogP contribution < -0.4 is 11.1 Å². The van der Waals surface area contributed by atoms with Gasteiger partial charge in [-0.05, 0) is 26.0 Å². The maximum Gasteiger partial charge on any atom is 0.250 e. The third-order valence-corrected chi connectivity index (χ3v) is 1.76. The van der Waals surface area contributed by atoms with Gasteiger partial charge in [-0.15, -0.1) is 0 Å². The zero-order valence-corrected chi connectivity index (χ0v) is 9.69. The van der Waals surface area contributed by atoms with E-state index in [2.05, 4.69) is 5.32 Å². The van der Waals surface area contributed by atoms with Gasteiger partial charge in [0.2, 0.25) is 5.91 Å². The lowest BCUT2D eigenvalue weighted by atomic mass is 10.1. The van der Waals surface area contributed by atoms with Crippen LogP contribution in [0.4, 0.5) is 5.69 Å². The third kappa shape index (κ3) is 5.48. The van der Waals surface area contributed by atoms with E-state index >= 15 is 0 Å². The highest BCUT2D eigenvalue weighted by Gasteiger charge is 2.11. The molecular weight excluding hydrogens is 204 g/mol. The zero-order valence-electron chi connectivity index (χ0n) is 9.69. The number of nitrogens with one attached hydrogen (secondary N) is 1. The van der Waals surface area contributed by atoms with Crippen molar-refractivity contribution in [3.8, 4) is 0 Å². The summed E-state index contributed by atoms with van der Waals surface area (Å²) in [7, 11) is 0. The topological polar surface area (TPSA) is 64.3 Å². The monoisotopic (exact) mass is 222 g/mol. The smallest absolute Gasteiger partial charge is 0.250 e. The summed E-state index contributed by atoms with van der Waals surface area (Å²) < 4.78 is 5.20. The Morgan fingerprint density at radius 1 is 1.38 bits per heavy atom. The molecule has 16 heavy (non-hydrogen) atoms. The van der Waals surface area contributed by atoms with E-state index in [-0.39, 0.29) is 12.5 Å². The van der Waals surface area contributed by atoms with Crippen molar-refractivity contribution in [2.75, 3.05) is 18.5 Å². The first-order chi connectivity index (χ1) is 7.47. The third-order valence-electron chi connectivity index (χ3n) is 1.76. The number of ether oxygens (including phenoxy) is 1. The summed E-state index contributed by atoms with van der Waals surface area (Å²) in [6.45, 7) is 4.08. The number of para-hydroxylation sites is 1. The Balaban J connectivity index is 2.27. The molecule has 0 unspecified atom stereocenters. The van der Waals surface area contributed by atoms with Gasteiger partial charge in [0.1, 0.15) is 6.61 Å². The number of benzene rings is 1. The molecule has 88 valence electrons. The minimum absolute atomic E-state index is 0.0233. The summed E-state index contributed by atoms with van der Waals surface area (Å²) in [5.74, 6) is -0.171. The van der Waals surface area contributed by atoms with E-state index in [1.165, 1.54) is 0 Å². The van der Waals surface area contributed by atoms with E-state index in [1.807, 2.05) is 44.2 Å². The lowest BCUT2D eigenvalue weighted by Gasteiger charge is -2.17. The van der Waals surface area contributed by atoms with Gasteiger partial charge in [-0.3, -0.25) is 4.79 Å². The first-order valence-electron chi connectivity index (χ1n) is 5.19. The van der Waals surface area contributed by atoms with E-state index in [1.54, 1.807) is 0 Å². The van der Waals surface area contributed by atoms with E-state index in [9.17, 15) is 4.79 Å². The summed E-state index contributed by atoms with van der Waals surface area (Å²) in [4.78, 5) is 11.4. The number of anilines is 1. The maximum absolute atomic E-state index is 11.4. The van der Waals surface area contributed by atoms with Crippen LogP contribution >= 0.6 is 0 Å². The van der Waals surface area contributed by atoms with Crippen LogP contribution in [0.1, 0.15) is 13.8 Å². The fraction of sp³-hybridized carbons (Fsp3) is 0.417. The van der Waals surface area contributed by atoms with Gasteiger partial charge in [-0.1, -0.05) is 18.2 Å². The quantitative estimate of drug-likeness (QED) is 0.791. The number of amides is 1. The molecule has 1 amide bonds. The Kier molecular flexibility index (Phi) is 4.46. The van der Waals surface area contributed by atoms with Crippen molar-refractivity contribution in [3.63, 3.8) is 0 Å². The molecule has 0 spiro atoms. The summed E-state index contributed by atoms with van der Waals surface area (Å²) >= 11 is 0. The molecule has 0 radical (unpaired) electrons. The molecule has 0 saturated heterocycles. The molecule has 0 aliphatic carbocycles. The molecule has 1 aromatic carbocycles. The largest absolute Gasteiger partial charge is 0.370 e. The molecule has 0 saturated carbocycles. The van der Waals surface area contributed by atoms with Crippen LogP contribution in [0, 0.1) is 0 Å². The normalized spacial score (nSPS) is 11.2. The van der Waals surface area contributed by atoms with Crippen molar-refractivity contribution >= 4 is 11.6 Å². The van der Waals surface area contributed by atoms with E-state index in [0.717, 1.165) is 5.69 Å². The van der Waals surface area contributed by atoms with Gasteiger partial charge in [0, 0.05) is 11.2 Å². The molecule has 1 aromatic rings. The van der Waals surface area contributed by atoms with Gasteiger partial charge in [0.15, 0.2) is 0 Å². The highest BCUT2D eigenvalue weighted by atomic mass is 16.5. The van der Waals surface area contributed by atoms with Crippen molar-refractivity contribution in [1.29, 1.82) is 0 Å². The molecule has 4 heteroatoms. The maximum atomic E-state index is 11.4. The first-order valence-corrected chi connectivity index (χ1v) is 5.19. The van der Waals surface area contributed by atoms with Crippen LogP contribution in [0.3, 0.4) is 0 Å². The van der Waals surface area contributed by atoms with Crippen LogP contribution in [-0.4, -0.2) is 24.7 Å². The molecule has 0 aliphatic rings. The second-order valence-corrected chi connectivity index (χ2v) is 4.40. The number of rotatable bonds is 5. The van der Waals surface area contributed by atoms with Gasteiger partial charge in [0.05, 0.1) is 6.61 Å². The zero-order chi connectivity index (χ0) is 12.0. The van der Waals surface area contributed by atoms with Crippen molar-refractivity contribution in [2.45, 2.75) is 19.4 Å². The van der Waals surface area contributed by atoms with Gasteiger partial charge in [-0.25, -0.2) is 0 Å². The van der Waals surface area contributed by atoms with Crippen molar-refractivity contribution in [1.82, 2.24) is 0 Å². The Morgan fingerprint density at radius 3 is 2.56 bits per heavy atom. The van der Waals surface area contributed by atoms with Crippen LogP contribution in [-0.2, 0) is 9.53 Å². The van der Waals surface area contributed by atoms with Crippen LogP contribution in [0.25, 0.3) is 0 Å². The first kappa shape index (κ1) is 12.7. The summed E-state index contributed by atoms with van der Waals surface area (Å²) in [5, 5.41) is 2.72. The van der Waals surface area contributed by atoms with Crippen molar-refractivity contribution in [3.05, 3.63) is 30.3 Å². The molecule has 4 nitrogen and oxygen atoms in total. The van der Waals surface area contributed by atoms with Crippen molar-refractivity contribution < 1.29 is 9.53 Å². The Morgan fingerprint density at radius 2 is 2.00 bits per heavy atom. The fourth-order valence-electron chi connectivity index (χ4n) is 1.13. The molecule has 3 N–H and O–H groups in total. The molecule has 0 bridgehead atoms. The second-order valence-electron chi connectivity index (χ2n) is 4.40. The molecule has 1 rings (SSSR count).